The van der Waals surface area contributed by atoms with E-state index in [4.69, 9.17) is 18.9 Å². The van der Waals surface area contributed by atoms with E-state index in [2.05, 4.69) is 13.2 Å². The van der Waals surface area contributed by atoms with Crippen LogP contribution in [0.2, 0.25) is 0 Å². The monoisotopic (exact) mass is 478 g/mol. The Hall–Kier alpha value is -3.50. The molecular weight excluding hydrogens is 448 g/mol. The van der Waals surface area contributed by atoms with Gasteiger partial charge >= 0.3 is 23.9 Å². The summed E-state index contributed by atoms with van der Waals surface area (Å²) in [5.41, 5.74) is -0.0739. The van der Waals surface area contributed by atoms with Crippen molar-refractivity contribution in [3.05, 3.63) is 59.7 Å². The van der Waals surface area contributed by atoms with Gasteiger partial charge in [-0.1, -0.05) is 25.3 Å². The first-order valence-corrected chi connectivity index (χ1v) is 10.4. The first kappa shape index (κ1) is 28.5. The van der Waals surface area contributed by atoms with Crippen LogP contribution in [0, 0.1) is 0 Å². The molecule has 0 bridgehead atoms. The summed E-state index contributed by atoms with van der Waals surface area (Å²) in [6.45, 7) is 11.5. The molecule has 1 rings (SSSR count). The zero-order valence-corrected chi connectivity index (χ0v) is 19.6. The SMILES string of the molecule is C=C(C)C(=O)OC(COC(=O)c1ccccc1C(=O)OCC(OC(=O)C(=C)C)C(C)O)C(C)O. The van der Waals surface area contributed by atoms with Crippen LogP contribution in [0.5, 0.6) is 0 Å². The van der Waals surface area contributed by atoms with E-state index in [1.54, 1.807) is 0 Å². The van der Waals surface area contributed by atoms with Gasteiger partial charge in [-0.15, -0.1) is 0 Å². The summed E-state index contributed by atoms with van der Waals surface area (Å²) in [7, 11) is 0. The number of rotatable bonds is 12. The molecule has 0 saturated heterocycles. The summed E-state index contributed by atoms with van der Waals surface area (Å²) in [6, 6.07) is 5.63. The molecule has 0 aliphatic carbocycles. The highest BCUT2D eigenvalue weighted by atomic mass is 16.6. The van der Waals surface area contributed by atoms with Crippen molar-refractivity contribution in [2.75, 3.05) is 13.2 Å². The summed E-state index contributed by atoms with van der Waals surface area (Å²) in [6.07, 6.45) is -4.59. The standard InChI is InChI=1S/C24H30O10/c1-13(2)21(27)33-19(15(5)25)11-31-23(29)17-9-7-8-10-18(17)24(30)32-12-20(16(6)26)34-22(28)14(3)4/h7-10,15-16,19-20,25-26H,1,3,11-12H2,2,4-6H3. The van der Waals surface area contributed by atoms with Crippen LogP contribution in [0.15, 0.2) is 48.6 Å². The Kier molecular flexibility index (Phi) is 11.1. The van der Waals surface area contributed by atoms with Gasteiger partial charge in [-0.3, -0.25) is 0 Å². The topological polar surface area (TPSA) is 146 Å². The normalized spacial score (nSPS) is 14.1. The Morgan fingerprint density at radius 3 is 1.35 bits per heavy atom. The lowest BCUT2D eigenvalue weighted by atomic mass is 10.1. The number of hydrogen-bond donors (Lipinski definition) is 2. The molecule has 4 unspecified atom stereocenters. The van der Waals surface area contributed by atoms with E-state index in [0.717, 1.165) is 0 Å². The molecule has 4 atom stereocenters. The number of benzene rings is 1. The van der Waals surface area contributed by atoms with Gasteiger partial charge in [-0.2, -0.15) is 0 Å². The fourth-order valence-corrected chi connectivity index (χ4v) is 2.33. The minimum atomic E-state index is -1.15. The predicted octanol–water partition coefficient (Wildman–Crippen LogP) is 1.74. The largest absolute Gasteiger partial charge is 0.458 e. The van der Waals surface area contributed by atoms with E-state index < -0.39 is 61.5 Å². The molecule has 1 aromatic rings. The zero-order chi connectivity index (χ0) is 26.0. The third-order valence-electron chi connectivity index (χ3n) is 4.41. The summed E-state index contributed by atoms with van der Waals surface area (Å²) in [5.74, 6) is -3.37. The number of aliphatic hydroxyl groups excluding tert-OH is 2. The molecular formula is C24H30O10. The molecule has 0 aliphatic rings. The highest BCUT2D eigenvalue weighted by Gasteiger charge is 2.26. The summed E-state index contributed by atoms with van der Waals surface area (Å²) >= 11 is 0. The van der Waals surface area contributed by atoms with Crippen molar-refractivity contribution in [3.63, 3.8) is 0 Å². The second-order valence-corrected chi connectivity index (χ2v) is 7.67. The maximum Gasteiger partial charge on any atom is 0.339 e. The number of hydrogen-bond acceptors (Lipinski definition) is 10. The van der Waals surface area contributed by atoms with Crippen LogP contribution in [0.3, 0.4) is 0 Å². The number of carbonyl (C=O) groups excluding carboxylic acids is 4. The van der Waals surface area contributed by atoms with Gasteiger partial charge in [-0.05, 0) is 39.8 Å². The van der Waals surface area contributed by atoms with Gasteiger partial charge in [0.15, 0.2) is 12.2 Å². The fourth-order valence-electron chi connectivity index (χ4n) is 2.33. The third-order valence-corrected chi connectivity index (χ3v) is 4.41. The van der Waals surface area contributed by atoms with Gasteiger partial charge < -0.3 is 29.2 Å². The Morgan fingerprint density at radius 2 is 1.09 bits per heavy atom. The average molecular weight is 478 g/mol. The zero-order valence-electron chi connectivity index (χ0n) is 19.6. The molecule has 0 spiro atoms. The van der Waals surface area contributed by atoms with Crippen LogP contribution < -0.4 is 0 Å². The van der Waals surface area contributed by atoms with Crippen molar-refractivity contribution in [2.45, 2.75) is 52.1 Å². The van der Waals surface area contributed by atoms with E-state index in [0.29, 0.717) is 0 Å². The average Bonchev–Trinajstić information content (AvgIpc) is 2.77. The number of ether oxygens (including phenoxy) is 4. The Balaban J connectivity index is 2.89. The van der Waals surface area contributed by atoms with Crippen LogP contribution in [0.1, 0.15) is 48.4 Å². The second kappa shape index (κ2) is 13.3. The highest BCUT2D eigenvalue weighted by Crippen LogP contribution is 2.15. The molecule has 0 saturated carbocycles. The van der Waals surface area contributed by atoms with Crippen molar-refractivity contribution < 1.29 is 48.3 Å². The van der Waals surface area contributed by atoms with Gasteiger partial charge in [0.05, 0.1) is 23.3 Å². The van der Waals surface area contributed by atoms with Crippen molar-refractivity contribution in [1.29, 1.82) is 0 Å². The van der Waals surface area contributed by atoms with Crippen LogP contribution in [-0.4, -0.2) is 71.7 Å². The first-order chi connectivity index (χ1) is 15.8. The summed E-state index contributed by atoms with van der Waals surface area (Å²) in [5, 5.41) is 19.6. The van der Waals surface area contributed by atoms with Gasteiger partial charge in [-0.25, -0.2) is 19.2 Å². The first-order valence-electron chi connectivity index (χ1n) is 10.4. The predicted molar refractivity (Wildman–Crippen MR) is 120 cm³/mol. The Morgan fingerprint density at radius 1 is 0.765 bits per heavy atom. The lowest BCUT2D eigenvalue weighted by molar-refractivity contribution is -0.153. The maximum atomic E-state index is 12.6. The fraction of sp³-hybridized carbons (Fsp3) is 0.417. The molecule has 0 fully saturated rings. The van der Waals surface area contributed by atoms with Crippen molar-refractivity contribution in [1.82, 2.24) is 0 Å². The van der Waals surface area contributed by atoms with Crippen LogP contribution >= 0.6 is 0 Å². The molecule has 0 aliphatic heterocycles. The van der Waals surface area contributed by atoms with E-state index in [9.17, 15) is 29.4 Å². The molecule has 0 radical (unpaired) electrons. The molecule has 186 valence electrons. The Labute approximate surface area is 197 Å². The maximum absolute atomic E-state index is 12.6. The summed E-state index contributed by atoms with van der Waals surface area (Å²) in [4.78, 5) is 48.6. The minimum Gasteiger partial charge on any atom is -0.458 e. The van der Waals surface area contributed by atoms with E-state index in [-0.39, 0.29) is 22.3 Å². The van der Waals surface area contributed by atoms with Gasteiger partial charge in [0, 0.05) is 11.1 Å². The summed E-state index contributed by atoms with van der Waals surface area (Å²) < 4.78 is 20.4. The van der Waals surface area contributed by atoms with Crippen molar-refractivity contribution in [3.8, 4) is 0 Å². The minimum absolute atomic E-state index is 0.106. The molecule has 10 nitrogen and oxygen atoms in total. The highest BCUT2D eigenvalue weighted by molar-refractivity contribution is 6.03. The quantitative estimate of drug-likeness (QED) is 0.259. The molecule has 2 N–H and O–H groups in total. The number of aliphatic hydroxyl groups is 2. The lowest BCUT2D eigenvalue weighted by Crippen LogP contribution is -2.35. The smallest absolute Gasteiger partial charge is 0.339 e. The molecule has 1 aromatic carbocycles. The van der Waals surface area contributed by atoms with Gasteiger partial charge in [0.1, 0.15) is 13.2 Å². The van der Waals surface area contributed by atoms with E-state index in [1.165, 1.54) is 52.0 Å². The number of esters is 4. The molecule has 34 heavy (non-hydrogen) atoms. The van der Waals surface area contributed by atoms with E-state index >= 15 is 0 Å². The van der Waals surface area contributed by atoms with Crippen LogP contribution in [0.4, 0.5) is 0 Å². The van der Waals surface area contributed by atoms with Gasteiger partial charge in [0.2, 0.25) is 0 Å². The second-order valence-electron chi connectivity index (χ2n) is 7.67. The Bertz CT molecular complexity index is 856. The molecule has 0 aromatic heterocycles. The van der Waals surface area contributed by atoms with E-state index in [1.807, 2.05) is 0 Å². The molecule has 0 amide bonds. The van der Waals surface area contributed by atoms with Crippen LogP contribution in [-0.2, 0) is 28.5 Å². The molecule has 10 heteroatoms. The van der Waals surface area contributed by atoms with Crippen molar-refractivity contribution >= 4 is 23.9 Å². The molecule has 0 heterocycles. The van der Waals surface area contributed by atoms with Gasteiger partial charge in [0.25, 0.3) is 0 Å². The lowest BCUT2D eigenvalue weighted by Gasteiger charge is -2.21. The third kappa shape index (κ3) is 8.80. The van der Waals surface area contributed by atoms with Crippen LogP contribution in [0.25, 0.3) is 0 Å². The number of carbonyl (C=O) groups is 4. The van der Waals surface area contributed by atoms with Crippen molar-refractivity contribution in [2.24, 2.45) is 0 Å².